The molecule has 0 atom stereocenters. The maximum atomic E-state index is 13.1. The normalized spacial score (nSPS) is 13.3. The van der Waals surface area contributed by atoms with Crippen molar-refractivity contribution in [3.8, 4) is 11.1 Å². The second-order valence-corrected chi connectivity index (χ2v) is 9.35. The third kappa shape index (κ3) is 5.77. The Morgan fingerprint density at radius 3 is 2.22 bits per heavy atom. The van der Waals surface area contributed by atoms with Crippen molar-refractivity contribution in [1.29, 1.82) is 0 Å². The number of rotatable bonds is 5. The van der Waals surface area contributed by atoms with Crippen LogP contribution >= 0.6 is 11.6 Å². The van der Waals surface area contributed by atoms with Gasteiger partial charge in [0.1, 0.15) is 5.70 Å². The molecule has 0 fully saturated rings. The molecule has 0 aromatic heterocycles. The molecule has 0 radical (unpaired) electrons. The molecule has 0 heterocycles. The molecule has 2 N–H and O–H groups in total. The van der Waals surface area contributed by atoms with Crippen LogP contribution in [0.1, 0.15) is 5.56 Å². The van der Waals surface area contributed by atoms with E-state index in [-0.39, 0.29) is 21.3 Å². The molecule has 3 aromatic rings. The lowest BCUT2D eigenvalue weighted by Gasteiger charge is -2.11. The summed E-state index contributed by atoms with van der Waals surface area (Å²) in [6.07, 6.45) is -2.89. The summed E-state index contributed by atoms with van der Waals surface area (Å²) in [5, 5.41) is 0.265. The number of para-hydroxylation sites is 1. The second kappa shape index (κ2) is 9.18. The van der Waals surface area contributed by atoms with Crippen LogP contribution in [0.2, 0.25) is 5.02 Å². The molecule has 9 heteroatoms. The fraction of sp³-hybridized carbons (Fsp3) is 0.0870. The number of hydrogen-bond donors (Lipinski definition) is 1. The zero-order chi connectivity index (χ0) is 23.5. The van der Waals surface area contributed by atoms with Gasteiger partial charge in [-0.3, -0.25) is 0 Å². The number of halogens is 4. The van der Waals surface area contributed by atoms with Gasteiger partial charge in [-0.15, -0.1) is 0 Å². The Morgan fingerprint density at radius 2 is 1.59 bits per heavy atom. The molecule has 32 heavy (non-hydrogen) atoms. The van der Waals surface area contributed by atoms with Crippen LogP contribution in [-0.4, -0.2) is 26.6 Å². The maximum Gasteiger partial charge on any atom is 0.430 e. The summed E-state index contributed by atoms with van der Waals surface area (Å²) in [7, 11) is -3.43. The van der Waals surface area contributed by atoms with Gasteiger partial charge in [-0.2, -0.15) is 13.2 Å². The van der Waals surface area contributed by atoms with Crippen molar-refractivity contribution in [3.63, 3.8) is 0 Å². The van der Waals surface area contributed by atoms with Crippen LogP contribution < -0.4 is 5.73 Å². The molecule has 0 aliphatic rings. The molecule has 0 bridgehead atoms. The van der Waals surface area contributed by atoms with Crippen molar-refractivity contribution in [2.24, 2.45) is 10.7 Å². The molecular formula is C23H18ClF3N2O2S. The summed E-state index contributed by atoms with van der Waals surface area (Å²) in [6.45, 7) is 0. The zero-order valence-electron chi connectivity index (χ0n) is 16.8. The molecule has 166 valence electrons. The van der Waals surface area contributed by atoms with Crippen LogP contribution in [0.4, 0.5) is 18.9 Å². The number of allylic oxidation sites excluding steroid dienone is 2. The third-order valence-corrected chi connectivity index (χ3v) is 5.90. The van der Waals surface area contributed by atoms with Crippen molar-refractivity contribution in [2.45, 2.75) is 11.1 Å². The van der Waals surface area contributed by atoms with Gasteiger partial charge in [0, 0.05) is 11.8 Å². The first kappa shape index (κ1) is 23.6. The molecule has 0 saturated heterocycles. The average Bonchev–Trinajstić information content (AvgIpc) is 2.73. The van der Waals surface area contributed by atoms with E-state index in [4.69, 9.17) is 17.3 Å². The number of nitrogens with two attached hydrogens (primary N) is 1. The van der Waals surface area contributed by atoms with E-state index in [1.165, 1.54) is 12.1 Å². The Balaban J connectivity index is 2.16. The van der Waals surface area contributed by atoms with E-state index in [9.17, 15) is 21.6 Å². The first-order valence-corrected chi connectivity index (χ1v) is 11.5. The predicted molar refractivity (Wildman–Crippen MR) is 121 cm³/mol. The molecule has 4 nitrogen and oxygen atoms in total. The largest absolute Gasteiger partial charge is 0.430 e. The van der Waals surface area contributed by atoms with Crippen molar-refractivity contribution in [1.82, 2.24) is 0 Å². The monoisotopic (exact) mass is 478 g/mol. The Bertz CT molecular complexity index is 1320. The first-order chi connectivity index (χ1) is 14.9. The van der Waals surface area contributed by atoms with E-state index in [0.717, 1.165) is 12.3 Å². The molecule has 0 aliphatic carbocycles. The molecular weight excluding hydrogens is 461 g/mol. The van der Waals surface area contributed by atoms with E-state index in [1.807, 2.05) is 0 Å². The number of nitrogens with zero attached hydrogens (tertiary/aromatic N) is 1. The van der Waals surface area contributed by atoms with E-state index >= 15 is 0 Å². The predicted octanol–water partition coefficient (Wildman–Crippen LogP) is 5.94. The minimum absolute atomic E-state index is 0.0472. The van der Waals surface area contributed by atoms with Gasteiger partial charge in [0.05, 0.1) is 21.3 Å². The lowest BCUT2D eigenvalue weighted by molar-refractivity contribution is -0.0925. The highest BCUT2D eigenvalue weighted by Gasteiger charge is 2.31. The summed E-state index contributed by atoms with van der Waals surface area (Å²) >= 11 is 6.13. The van der Waals surface area contributed by atoms with Crippen LogP contribution in [0.5, 0.6) is 0 Å². The fourth-order valence-corrected chi connectivity index (χ4v) is 3.69. The number of sulfone groups is 1. The molecule has 0 spiro atoms. The molecule has 0 amide bonds. The number of hydrogen-bond acceptors (Lipinski definition) is 4. The smallest absolute Gasteiger partial charge is 0.395 e. The third-order valence-electron chi connectivity index (χ3n) is 4.47. The SMILES string of the molecule is CS(=O)(=O)c1cccc(-c2cccc(C(C=C(N)C(F)(F)F)=Nc3ccccc3Cl)c2)c1. The van der Waals surface area contributed by atoms with Gasteiger partial charge >= 0.3 is 6.18 Å². The second-order valence-electron chi connectivity index (χ2n) is 6.93. The summed E-state index contributed by atoms with van der Waals surface area (Å²) < 4.78 is 63.1. The van der Waals surface area contributed by atoms with E-state index in [1.54, 1.807) is 60.7 Å². The summed E-state index contributed by atoms with van der Waals surface area (Å²) in [6, 6.07) is 19.3. The molecule has 0 saturated carbocycles. The van der Waals surface area contributed by atoms with E-state index < -0.39 is 21.7 Å². The zero-order valence-corrected chi connectivity index (χ0v) is 18.3. The summed E-state index contributed by atoms with van der Waals surface area (Å²) in [5.41, 5.74) is 5.70. The number of benzene rings is 3. The van der Waals surface area contributed by atoms with Gasteiger partial charge in [-0.05, 0) is 47.5 Å². The first-order valence-electron chi connectivity index (χ1n) is 9.23. The van der Waals surface area contributed by atoms with Crippen molar-refractivity contribution >= 4 is 32.8 Å². The van der Waals surface area contributed by atoms with Crippen LogP contribution in [-0.2, 0) is 9.84 Å². The Labute approximate surface area is 188 Å². The fourth-order valence-electron chi connectivity index (χ4n) is 2.85. The number of aliphatic imine (C=N–C) groups is 1. The highest BCUT2D eigenvalue weighted by Crippen LogP contribution is 2.29. The highest BCUT2D eigenvalue weighted by atomic mass is 35.5. The lowest BCUT2D eigenvalue weighted by atomic mass is 10.0. The minimum atomic E-state index is -4.73. The molecule has 3 rings (SSSR count). The van der Waals surface area contributed by atoms with Gasteiger partial charge in [-0.25, -0.2) is 13.4 Å². The minimum Gasteiger partial charge on any atom is -0.395 e. The van der Waals surface area contributed by atoms with Crippen molar-refractivity contribution in [3.05, 3.63) is 95.2 Å². The average molecular weight is 479 g/mol. The van der Waals surface area contributed by atoms with Gasteiger partial charge in [-0.1, -0.05) is 54.1 Å². The topological polar surface area (TPSA) is 72.5 Å². The van der Waals surface area contributed by atoms with Crippen molar-refractivity contribution < 1.29 is 21.6 Å². The Morgan fingerprint density at radius 1 is 0.969 bits per heavy atom. The van der Waals surface area contributed by atoms with Crippen LogP contribution in [0.15, 0.2) is 94.5 Å². The van der Waals surface area contributed by atoms with Gasteiger partial charge in [0.25, 0.3) is 0 Å². The van der Waals surface area contributed by atoms with Gasteiger partial charge in [0.2, 0.25) is 0 Å². The van der Waals surface area contributed by atoms with Crippen LogP contribution in [0.3, 0.4) is 0 Å². The molecule has 0 aliphatic heterocycles. The maximum absolute atomic E-state index is 13.1. The molecule has 3 aromatic carbocycles. The van der Waals surface area contributed by atoms with Gasteiger partial charge in [0.15, 0.2) is 9.84 Å². The van der Waals surface area contributed by atoms with Crippen molar-refractivity contribution in [2.75, 3.05) is 6.26 Å². The lowest BCUT2D eigenvalue weighted by Crippen LogP contribution is -2.20. The van der Waals surface area contributed by atoms with Gasteiger partial charge < -0.3 is 5.73 Å². The standard InChI is InChI=1S/C23H18ClF3N2O2S/c1-32(30,31)18-9-5-7-16(13-18)15-6-4-8-17(12-15)21(14-22(28)23(25,26)27)29-20-11-3-2-10-19(20)24/h2-14H,28H2,1H3. The van der Waals surface area contributed by atoms with E-state index in [0.29, 0.717) is 16.7 Å². The van der Waals surface area contributed by atoms with Crippen LogP contribution in [0, 0.1) is 0 Å². The summed E-state index contributed by atoms with van der Waals surface area (Å²) in [4.78, 5) is 4.44. The number of alkyl halides is 3. The summed E-state index contributed by atoms with van der Waals surface area (Å²) in [5.74, 6) is 0. The van der Waals surface area contributed by atoms with E-state index in [2.05, 4.69) is 4.99 Å². The quantitative estimate of drug-likeness (QED) is 0.461. The highest BCUT2D eigenvalue weighted by molar-refractivity contribution is 7.90. The molecule has 0 unspecified atom stereocenters. The Kier molecular flexibility index (Phi) is 6.76. The Hall–Kier alpha value is -3.10. The van der Waals surface area contributed by atoms with Crippen LogP contribution in [0.25, 0.3) is 11.1 Å².